The zero-order chi connectivity index (χ0) is 13.7. The number of hydrogen-bond donors (Lipinski definition) is 3. The first-order valence-corrected chi connectivity index (χ1v) is 8.08. The summed E-state index contributed by atoms with van der Waals surface area (Å²) in [7, 11) is 0. The predicted molar refractivity (Wildman–Crippen MR) is 76.3 cm³/mol. The van der Waals surface area contributed by atoms with Gasteiger partial charge in [0.25, 0.3) is 0 Å². The largest absolute Gasteiger partial charge is 0.385 e. The summed E-state index contributed by atoms with van der Waals surface area (Å²) in [4.78, 5) is 11.8. The number of aliphatic hydroxyl groups is 1. The van der Waals surface area contributed by atoms with E-state index in [1.54, 1.807) is 11.8 Å². The SMILES string of the molecule is CC1OCCC1(O)CNC(=O)CSC1CCNCC1. The van der Waals surface area contributed by atoms with E-state index in [9.17, 15) is 9.90 Å². The molecule has 2 saturated heterocycles. The molecule has 2 unspecified atom stereocenters. The summed E-state index contributed by atoms with van der Waals surface area (Å²) < 4.78 is 5.34. The maximum absolute atomic E-state index is 11.8. The zero-order valence-electron chi connectivity index (χ0n) is 11.5. The highest BCUT2D eigenvalue weighted by Gasteiger charge is 2.39. The number of nitrogens with one attached hydrogen (secondary N) is 2. The predicted octanol–water partition coefficient (Wildman–Crippen LogP) is 0.128. The molecule has 1 amide bonds. The van der Waals surface area contributed by atoms with Gasteiger partial charge in [-0.05, 0) is 32.9 Å². The van der Waals surface area contributed by atoms with Gasteiger partial charge in [0, 0.05) is 24.8 Å². The first kappa shape index (κ1) is 15.1. The van der Waals surface area contributed by atoms with Crippen LogP contribution in [0.15, 0.2) is 0 Å². The summed E-state index contributed by atoms with van der Waals surface area (Å²) >= 11 is 1.72. The molecule has 5 nitrogen and oxygen atoms in total. The van der Waals surface area contributed by atoms with Gasteiger partial charge in [-0.2, -0.15) is 0 Å². The van der Waals surface area contributed by atoms with E-state index in [1.807, 2.05) is 6.92 Å². The zero-order valence-corrected chi connectivity index (χ0v) is 12.3. The normalized spacial score (nSPS) is 32.4. The highest BCUT2D eigenvalue weighted by atomic mass is 32.2. The van der Waals surface area contributed by atoms with Crippen LogP contribution in [0.5, 0.6) is 0 Å². The van der Waals surface area contributed by atoms with E-state index in [0.717, 1.165) is 25.9 Å². The number of carbonyl (C=O) groups excluding carboxylic acids is 1. The Kier molecular flexibility index (Phi) is 5.50. The molecule has 110 valence electrons. The molecule has 2 aliphatic rings. The topological polar surface area (TPSA) is 70.6 Å². The lowest BCUT2D eigenvalue weighted by Gasteiger charge is -2.26. The van der Waals surface area contributed by atoms with Gasteiger partial charge < -0.3 is 20.5 Å². The van der Waals surface area contributed by atoms with Gasteiger partial charge in [0.2, 0.25) is 5.91 Å². The minimum absolute atomic E-state index is 0.0102. The van der Waals surface area contributed by atoms with E-state index < -0.39 is 5.60 Å². The molecule has 6 heteroatoms. The van der Waals surface area contributed by atoms with Crippen molar-refractivity contribution < 1.29 is 14.6 Å². The van der Waals surface area contributed by atoms with Crippen LogP contribution in [-0.2, 0) is 9.53 Å². The van der Waals surface area contributed by atoms with Crippen molar-refractivity contribution >= 4 is 17.7 Å². The quantitative estimate of drug-likeness (QED) is 0.671. The molecule has 3 N–H and O–H groups in total. The Morgan fingerprint density at radius 2 is 2.26 bits per heavy atom. The fourth-order valence-corrected chi connectivity index (χ4v) is 3.52. The number of ether oxygens (including phenoxy) is 1. The molecule has 0 bridgehead atoms. The maximum atomic E-state index is 11.8. The molecule has 2 rings (SSSR count). The minimum atomic E-state index is -0.894. The van der Waals surface area contributed by atoms with Crippen LogP contribution >= 0.6 is 11.8 Å². The van der Waals surface area contributed by atoms with Crippen LogP contribution in [0, 0.1) is 0 Å². The summed E-state index contributed by atoms with van der Waals surface area (Å²) in [5, 5.41) is 17.0. The molecule has 2 atom stereocenters. The van der Waals surface area contributed by atoms with Crippen molar-refractivity contribution in [2.75, 3.05) is 32.0 Å². The van der Waals surface area contributed by atoms with Crippen molar-refractivity contribution in [2.45, 2.75) is 43.1 Å². The van der Waals surface area contributed by atoms with Gasteiger partial charge in [-0.1, -0.05) is 0 Å². The van der Waals surface area contributed by atoms with Crippen molar-refractivity contribution in [1.29, 1.82) is 0 Å². The summed E-state index contributed by atoms with van der Waals surface area (Å²) in [5.41, 5.74) is -0.894. The molecule has 0 aromatic heterocycles. The molecule has 2 aliphatic heterocycles. The molecule has 0 aromatic rings. The van der Waals surface area contributed by atoms with Crippen LogP contribution in [0.1, 0.15) is 26.2 Å². The van der Waals surface area contributed by atoms with E-state index >= 15 is 0 Å². The second-order valence-corrected chi connectivity index (χ2v) is 6.69. The molecule has 2 fully saturated rings. The van der Waals surface area contributed by atoms with Gasteiger partial charge in [0.15, 0.2) is 0 Å². The molecule has 19 heavy (non-hydrogen) atoms. The maximum Gasteiger partial charge on any atom is 0.230 e. The van der Waals surface area contributed by atoms with Crippen molar-refractivity contribution in [3.05, 3.63) is 0 Å². The van der Waals surface area contributed by atoms with Crippen molar-refractivity contribution in [3.63, 3.8) is 0 Å². The first-order valence-electron chi connectivity index (χ1n) is 7.03. The Morgan fingerprint density at radius 3 is 2.89 bits per heavy atom. The van der Waals surface area contributed by atoms with Gasteiger partial charge in [-0.25, -0.2) is 0 Å². The Bertz CT molecular complexity index is 310. The van der Waals surface area contributed by atoms with E-state index in [4.69, 9.17) is 4.74 Å². The first-order chi connectivity index (χ1) is 9.10. The van der Waals surface area contributed by atoms with Crippen LogP contribution in [-0.4, -0.2) is 60.0 Å². The van der Waals surface area contributed by atoms with Gasteiger partial charge in [0.05, 0.1) is 11.9 Å². The van der Waals surface area contributed by atoms with E-state index in [2.05, 4.69) is 10.6 Å². The number of thioether (sulfide) groups is 1. The van der Waals surface area contributed by atoms with E-state index in [1.165, 1.54) is 0 Å². The smallest absolute Gasteiger partial charge is 0.230 e. The monoisotopic (exact) mass is 288 g/mol. The second-order valence-electron chi connectivity index (χ2n) is 5.40. The van der Waals surface area contributed by atoms with Crippen LogP contribution in [0.4, 0.5) is 0 Å². The Morgan fingerprint density at radius 1 is 1.53 bits per heavy atom. The second kappa shape index (κ2) is 6.92. The average molecular weight is 288 g/mol. The number of amides is 1. The van der Waals surface area contributed by atoms with Crippen LogP contribution < -0.4 is 10.6 Å². The number of rotatable bonds is 5. The summed E-state index contributed by atoms with van der Waals surface area (Å²) in [6, 6.07) is 0. The molecule has 0 spiro atoms. The third kappa shape index (κ3) is 4.34. The fraction of sp³-hybridized carbons (Fsp3) is 0.923. The van der Waals surface area contributed by atoms with Crippen molar-refractivity contribution in [3.8, 4) is 0 Å². The number of piperidine rings is 1. The third-order valence-electron chi connectivity index (χ3n) is 3.99. The Balaban J connectivity index is 1.64. The lowest BCUT2D eigenvalue weighted by atomic mass is 9.97. The standard InChI is InChI=1S/C13H24N2O3S/c1-10-13(17,4-7-18-10)9-15-12(16)8-19-11-2-5-14-6-3-11/h10-11,14,17H,2-9H2,1H3,(H,15,16). The number of hydrogen-bond acceptors (Lipinski definition) is 5. The lowest BCUT2D eigenvalue weighted by Crippen LogP contribution is -2.48. The molecule has 2 heterocycles. The van der Waals surface area contributed by atoms with E-state index in [0.29, 0.717) is 30.6 Å². The average Bonchev–Trinajstić information content (AvgIpc) is 2.76. The van der Waals surface area contributed by atoms with Crippen LogP contribution in [0.25, 0.3) is 0 Å². The van der Waals surface area contributed by atoms with Crippen molar-refractivity contribution in [2.24, 2.45) is 0 Å². The lowest BCUT2D eigenvalue weighted by molar-refractivity contribution is -0.120. The van der Waals surface area contributed by atoms with Gasteiger partial charge in [0.1, 0.15) is 5.60 Å². The minimum Gasteiger partial charge on any atom is -0.385 e. The molecule has 0 radical (unpaired) electrons. The van der Waals surface area contributed by atoms with Gasteiger partial charge >= 0.3 is 0 Å². The molecule has 0 saturated carbocycles. The summed E-state index contributed by atoms with van der Waals surface area (Å²) in [6.07, 6.45) is 2.65. The van der Waals surface area contributed by atoms with Crippen LogP contribution in [0.2, 0.25) is 0 Å². The third-order valence-corrected chi connectivity index (χ3v) is 5.36. The summed E-state index contributed by atoms with van der Waals surface area (Å²) in [6.45, 7) is 4.81. The van der Waals surface area contributed by atoms with Gasteiger partial charge in [-0.3, -0.25) is 4.79 Å². The van der Waals surface area contributed by atoms with Crippen LogP contribution in [0.3, 0.4) is 0 Å². The molecular formula is C13H24N2O3S. The molecule has 0 aromatic carbocycles. The van der Waals surface area contributed by atoms with E-state index in [-0.39, 0.29) is 12.0 Å². The Hall–Kier alpha value is -0.300. The molecule has 0 aliphatic carbocycles. The Labute approximate surface area is 118 Å². The van der Waals surface area contributed by atoms with Gasteiger partial charge in [-0.15, -0.1) is 11.8 Å². The highest BCUT2D eigenvalue weighted by Crippen LogP contribution is 2.25. The highest BCUT2D eigenvalue weighted by molar-refractivity contribution is 8.00. The van der Waals surface area contributed by atoms with Crippen molar-refractivity contribution in [1.82, 2.24) is 10.6 Å². The number of carbonyl (C=O) groups is 1. The molecular weight excluding hydrogens is 264 g/mol. The fourth-order valence-electron chi connectivity index (χ4n) is 2.46. The summed E-state index contributed by atoms with van der Waals surface area (Å²) in [5.74, 6) is 0.492.